The number of fused-ring (bicyclic) bond motifs is 1. The van der Waals surface area contributed by atoms with Gasteiger partial charge in [0.1, 0.15) is 5.75 Å². The normalized spacial score (nSPS) is 21.2. The molecule has 0 saturated heterocycles. The number of thiocarbonyl (C=S) groups is 1. The number of nitrogens with two attached hydrogens (primary N) is 1. The predicted octanol–water partition coefficient (Wildman–Crippen LogP) is 2.30. The molecule has 1 aliphatic carbocycles. The number of rotatable bonds is 6. The van der Waals surface area contributed by atoms with Gasteiger partial charge in [-0.1, -0.05) is 30.4 Å². The smallest absolute Gasteiger partial charge is 0.122 e. The van der Waals surface area contributed by atoms with Crippen LogP contribution in [0, 0.1) is 0 Å². The Hall–Kier alpha value is -1.13. The number of nitrogens with zero attached hydrogens (tertiary/aromatic N) is 1. The largest absolute Gasteiger partial charge is 0.493 e. The third-order valence-corrected chi connectivity index (χ3v) is 4.17. The molecule has 1 atom stereocenters. The zero-order chi connectivity index (χ0) is 13.2. The van der Waals surface area contributed by atoms with Crippen LogP contribution in [-0.2, 0) is 0 Å². The van der Waals surface area contributed by atoms with Crippen molar-refractivity contribution >= 4 is 17.2 Å². The number of hydrogen-bond donors (Lipinski definition) is 1. The Kier molecular flexibility index (Phi) is 3.71. The Morgan fingerprint density at radius 2 is 2.16 bits per heavy atom. The van der Waals surface area contributed by atoms with Gasteiger partial charge in [-0.15, -0.1) is 0 Å². The second-order valence-corrected chi connectivity index (χ2v) is 6.01. The van der Waals surface area contributed by atoms with Gasteiger partial charge in [0.15, 0.2) is 0 Å². The molecule has 1 aromatic carbocycles. The molecular weight excluding hydrogens is 256 g/mol. The Morgan fingerprint density at radius 3 is 2.89 bits per heavy atom. The van der Waals surface area contributed by atoms with Gasteiger partial charge in [-0.25, -0.2) is 0 Å². The molecule has 3 rings (SSSR count). The van der Waals surface area contributed by atoms with Crippen LogP contribution in [0.25, 0.3) is 0 Å². The quantitative estimate of drug-likeness (QED) is 0.809. The van der Waals surface area contributed by atoms with E-state index in [0.29, 0.717) is 10.9 Å². The highest BCUT2D eigenvalue weighted by Gasteiger charge is 2.33. The molecule has 0 spiro atoms. The van der Waals surface area contributed by atoms with Gasteiger partial charge in [0.25, 0.3) is 0 Å². The minimum absolute atomic E-state index is 0.489. The van der Waals surface area contributed by atoms with Gasteiger partial charge < -0.3 is 10.5 Å². The summed E-state index contributed by atoms with van der Waals surface area (Å²) in [4.78, 5) is 3.16. The zero-order valence-corrected chi connectivity index (χ0v) is 11.9. The van der Waals surface area contributed by atoms with Gasteiger partial charge in [-0.2, -0.15) is 0 Å². The van der Waals surface area contributed by atoms with Crippen LogP contribution >= 0.6 is 12.2 Å². The lowest BCUT2D eigenvalue weighted by atomic mass is 10.0. The maximum Gasteiger partial charge on any atom is 0.122 e. The molecule has 2 N–H and O–H groups in total. The Balaban J connectivity index is 1.64. The molecular formula is C15H20N2OS. The summed E-state index contributed by atoms with van der Waals surface area (Å²) in [6.45, 7) is 2.85. The molecule has 0 radical (unpaired) electrons. The summed E-state index contributed by atoms with van der Waals surface area (Å²) in [5, 5.41) is 0. The molecule has 19 heavy (non-hydrogen) atoms. The Bertz CT molecular complexity index is 473. The average molecular weight is 276 g/mol. The van der Waals surface area contributed by atoms with Crippen molar-refractivity contribution in [1.29, 1.82) is 0 Å². The molecule has 1 saturated carbocycles. The van der Waals surface area contributed by atoms with E-state index >= 15 is 0 Å². The van der Waals surface area contributed by atoms with Crippen LogP contribution in [0.2, 0.25) is 0 Å². The summed E-state index contributed by atoms with van der Waals surface area (Å²) < 4.78 is 5.76. The van der Waals surface area contributed by atoms with E-state index in [0.717, 1.165) is 37.9 Å². The van der Waals surface area contributed by atoms with Crippen molar-refractivity contribution in [2.75, 3.05) is 19.7 Å². The molecule has 0 aromatic heterocycles. The summed E-state index contributed by atoms with van der Waals surface area (Å²) in [5.74, 6) is 1.54. The topological polar surface area (TPSA) is 38.5 Å². The van der Waals surface area contributed by atoms with Crippen LogP contribution in [-0.4, -0.2) is 35.6 Å². The minimum atomic E-state index is 0.489. The van der Waals surface area contributed by atoms with Crippen molar-refractivity contribution in [3.63, 3.8) is 0 Å². The molecule has 1 heterocycles. The molecule has 1 fully saturated rings. The monoisotopic (exact) mass is 276 g/mol. The van der Waals surface area contributed by atoms with E-state index in [1.165, 1.54) is 18.4 Å². The van der Waals surface area contributed by atoms with Crippen LogP contribution in [0.4, 0.5) is 0 Å². The molecule has 4 heteroatoms. The van der Waals surface area contributed by atoms with Gasteiger partial charge in [0.2, 0.25) is 0 Å². The van der Waals surface area contributed by atoms with Crippen molar-refractivity contribution in [3.05, 3.63) is 29.8 Å². The summed E-state index contributed by atoms with van der Waals surface area (Å²) in [5.41, 5.74) is 6.98. The fourth-order valence-corrected chi connectivity index (χ4v) is 2.87. The van der Waals surface area contributed by atoms with Crippen molar-refractivity contribution in [3.8, 4) is 5.75 Å². The second kappa shape index (κ2) is 5.47. The molecule has 1 aromatic rings. The number of ether oxygens (including phenoxy) is 1. The lowest BCUT2D eigenvalue weighted by Gasteiger charge is -2.24. The van der Waals surface area contributed by atoms with Crippen LogP contribution in [0.15, 0.2) is 24.3 Å². The van der Waals surface area contributed by atoms with E-state index in [9.17, 15) is 0 Å². The van der Waals surface area contributed by atoms with Gasteiger partial charge in [-0.05, 0) is 18.9 Å². The van der Waals surface area contributed by atoms with E-state index in [1.54, 1.807) is 0 Å². The minimum Gasteiger partial charge on any atom is -0.493 e. The third kappa shape index (κ3) is 3.07. The fraction of sp³-hybridized carbons (Fsp3) is 0.533. The number of para-hydroxylation sites is 1. The first-order valence-electron chi connectivity index (χ1n) is 6.98. The van der Waals surface area contributed by atoms with Crippen molar-refractivity contribution < 1.29 is 4.74 Å². The fourth-order valence-electron chi connectivity index (χ4n) is 2.78. The van der Waals surface area contributed by atoms with E-state index < -0.39 is 0 Å². The highest BCUT2D eigenvalue weighted by molar-refractivity contribution is 7.80. The van der Waals surface area contributed by atoms with Gasteiger partial charge >= 0.3 is 0 Å². The van der Waals surface area contributed by atoms with E-state index in [2.05, 4.69) is 23.1 Å². The highest BCUT2D eigenvalue weighted by Crippen LogP contribution is 2.36. The maximum absolute atomic E-state index is 5.76. The SMILES string of the molecule is NC(=S)CCN(CC1COc2ccccc21)C1CC1. The Labute approximate surface area is 119 Å². The molecule has 0 amide bonds. The van der Waals surface area contributed by atoms with Crippen LogP contribution in [0.1, 0.15) is 30.7 Å². The first-order chi connectivity index (χ1) is 9.24. The molecule has 1 aliphatic heterocycles. The van der Waals surface area contributed by atoms with E-state index in [-0.39, 0.29) is 0 Å². The van der Waals surface area contributed by atoms with Crippen molar-refractivity contribution in [2.45, 2.75) is 31.2 Å². The highest BCUT2D eigenvalue weighted by atomic mass is 32.1. The van der Waals surface area contributed by atoms with Crippen molar-refractivity contribution in [2.24, 2.45) is 5.73 Å². The summed E-state index contributed by atoms with van der Waals surface area (Å²) >= 11 is 4.99. The average Bonchev–Trinajstić information content (AvgIpc) is 3.17. The molecule has 1 unspecified atom stereocenters. The molecule has 3 nitrogen and oxygen atoms in total. The molecule has 2 aliphatic rings. The molecule has 102 valence electrons. The van der Waals surface area contributed by atoms with Gasteiger partial charge in [0, 0.05) is 37.0 Å². The van der Waals surface area contributed by atoms with Crippen molar-refractivity contribution in [1.82, 2.24) is 4.90 Å². The lowest BCUT2D eigenvalue weighted by molar-refractivity contribution is 0.230. The lowest BCUT2D eigenvalue weighted by Crippen LogP contribution is -2.34. The second-order valence-electron chi connectivity index (χ2n) is 5.49. The number of benzene rings is 1. The standard InChI is InChI=1S/C15H20N2OS/c16-15(19)7-8-17(12-5-6-12)9-11-10-18-14-4-2-1-3-13(11)14/h1-4,11-12H,5-10H2,(H2,16,19). The third-order valence-electron chi connectivity index (χ3n) is 3.96. The van der Waals surface area contributed by atoms with E-state index in [1.807, 2.05) is 6.07 Å². The summed E-state index contributed by atoms with van der Waals surface area (Å²) in [6.07, 6.45) is 3.44. The number of hydrogen-bond acceptors (Lipinski definition) is 3. The first kappa shape index (κ1) is 12.9. The predicted molar refractivity (Wildman–Crippen MR) is 80.7 cm³/mol. The van der Waals surface area contributed by atoms with Crippen LogP contribution in [0.3, 0.4) is 0 Å². The van der Waals surface area contributed by atoms with Crippen LogP contribution < -0.4 is 10.5 Å². The maximum atomic E-state index is 5.76. The summed E-state index contributed by atoms with van der Waals surface area (Å²) in [7, 11) is 0. The zero-order valence-electron chi connectivity index (χ0n) is 11.0. The van der Waals surface area contributed by atoms with Gasteiger partial charge in [0.05, 0.1) is 11.6 Å². The first-order valence-corrected chi connectivity index (χ1v) is 7.39. The van der Waals surface area contributed by atoms with Crippen LogP contribution in [0.5, 0.6) is 5.75 Å². The van der Waals surface area contributed by atoms with E-state index in [4.69, 9.17) is 22.7 Å². The summed E-state index contributed by atoms with van der Waals surface area (Å²) in [6, 6.07) is 9.11. The molecule has 0 bridgehead atoms. The van der Waals surface area contributed by atoms with Gasteiger partial charge in [-0.3, -0.25) is 4.90 Å². The Morgan fingerprint density at radius 1 is 1.37 bits per heavy atom.